The maximum atomic E-state index is 11.3. The Balaban J connectivity index is 1.59. The molecule has 0 spiro atoms. The van der Waals surface area contributed by atoms with Gasteiger partial charge in [0.2, 0.25) is 5.91 Å². The zero-order valence-electron chi connectivity index (χ0n) is 12.1. The monoisotopic (exact) mass is 268 g/mol. The average Bonchev–Trinajstić information content (AvgIpc) is 2.47. The summed E-state index contributed by atoms with van der Waals surface area (Å²) in [4.78, 5) is 13.6. The van der Waals surface area contributed by atoms with E-state index in [1.807, 2.05) is 0 Å². The highest BCUT2D eigenvalue weighted by Gasteiger charge is 2.21. The van der Waals surface area contributed by atoms with Crippen LogP contribution in [0.25, 0.3) is 0 Å². The van der Waals surface area contributed by atoms with Crippen LogP contribution in [-0.2, 0) is 4.79 Å². The van der Waals surface area contributed by atoms with E-state index >= 15 is 0 Å². The van der Waals surface area contributed by atoms with Gasteiger partial charge in [-0.3, -0.25) is 9.69 Å². The van der Waals surface area contributed by atoms with Gasteiger partial charge in [-0.25, -0.2) is 0 Å². The van der Waals surface area contributed by atoms with Gasteiger partial charge >= 0.3 is 0 Å². The van der Waals surface area contributed by atoms with Crippen LogP contribution in [0.1, 0.15) is 25.7 Å². The molecule has 0 aliphatic carbocycles. The summed E-state index contributed by atoms with van der Waals surface area (Å²) in [7, 11) is 1.70. The molecule has 0 radical (unpaired) electrons. The largest absolute Gasteiger partial charge is 0.358 e. The van der Waals surface area contributed by atoms with Gasteiger partial charge in [0.15, 0.2) is 0 Å². The molecule has 0 bridgehead atoms. The van der Waals surface area contributed by atoms with E-state index in [2.05, 4.69) is 20.9 Å². The van der Waals surface area contributed by atoms with Crippen LogP contribution in [0.15, 0.2) is 0 Å². The number of carbonyl (C=O) groups is 1. The lowest BCUT2D eigenvalue weighted by atomic mass is 9.97. The summed E-state index contributed by atoms with van der Waals surface area (Å²) in [6.07, 6.45) is 4.95. The van der Waals surface area contributed by atoms with Crippen molar-refractivity contribution < 1.29 is 4.79 Å². The first kappa shape index (κ1) is 14.8. The second-order valence-electron chi connectivity index (χ2n) is 5.83. The predicted octanol–water partition coefficient (Wildman–Crippen LogP) is -0.214. The highest BCUT2D eigenvalue weighted by Crippen LogP contribution is 2.13. The van der Waals surface area contributed by atoms with Gasteiger partial charge in [0.25, 0.3) is 0 Å². The number of piperidine rings is 2. The Morgan fingerprint density at radius 2 is 1.89 bits per heavy atom. The van der Waals surface area contributed by atoms with Gasteiger partial charge in [-0.05, 0) is 51.2 Å². The quantitative estimate of drug-likeness (QED) is 0.646. The van der Waals surface area contributed by atoms with E-state index in [4.69, 9.17) is 0 Å². The van der Waals surface area contributed by atoms with Crippen molar-refractivity contribution in [1.29, 1.82) is 0 Å². The highest BCUT2D eigenvalue weighted by molar-refractivity contribution is 5.77. The normalized spacial score (nSPS) is 23.4. The molecule has 2 rings (SSSR count). The fourth-order valence-corrected chi connectivity index (χ4v) is 3.00. The van der Waals surface area contributed by atoms with Crippen molar-refractivity contribution in [3.8, 4) is 0 Å². The lowest BCUT2D eigenvalue weighted by molar-refractivity contribution is -0.122. The molecule has 1 amide bonds. The molecule has 2 saturated heterocycles. The number of rotatable bonds is 5. The Labute approximate surface area is 116 Å². The zero-order chi connectivity index (χ0) is 13.5. The summed E-state index contributed by atoms with van der Waals surface area (Å²) in [6, 6.07) is 0.649. The fraction of sp³-hybridized carbons (Fsp3) is 0.929. The number of amides is 1. The first-order valence-corrected chi connectivity index (χ1v) is 7.65. The second kappa shape index (κ2) is 7.82. The van der Waals surface area contributed by atoms with E-state index in [1.165, 1.54) is 45.3 Å². The number of likely N-dealkylation sites (tertiary alicyclic amines) is 1. The molecule has 5 heteroatoms. The Bertz CT molecular complexity index is 271. The summed E-state index contributed by atoms with van der Waals surface area (Å²) >= 11 is 0. The minimum Gasteiger partial charge on any atom is -0.358 e. The lowest BCUT2D eigenvalue weighted by Crippen LogP contribution is -2.47. The van der Waals surface area contributed by atoms with Gasteiger partial charge in [-0.1, -0.05) is 0 Å². The molecule has 5 nitrogen and oxygen atoms in total. The van der Waals surface area contributed by atoms with Gasteiger partial charge in [0.05, 0.1) is 6.54 Å². The number of nitrogens with zero attached hydrogens (tertiary/aromatic N) is 1. The molecular formula is C14H28N4O. The van der Waals surface area contributed by atoms with E-state index in [0.29, 0.717) is 12.6 Å². The van der Waals surface area contributed by atoms with E-state index in [0.717, 1.165) is 19.0 Å². The maximum Gasteiger partial charge on any atom is 0.233 e. The SMILES string of the molecule is CNC(=O)CN1CCC(NCC2CCNCC2)CC1. The van der Waals surface area contributed by atoms with Crippen LogP contribution in [0.3, 0.4) is 0 Å². The summed E-state index contributed by atoms with van der Waals surface area (Å²) in [5, 5.41) is 9.82. The molecule has 0 unspecified atom stereocenters. The van der Waals surface area contributed by atoms with E-state index in [9.17, 15) is 4.79 Å². The molecule has 2 aliphatic rings. The van der Waals surface area contributed by atoms with Crippen LogP contribution in [0.2, 0.25) is 0 Å². The predicted molar refractivity (Wildman–Crippen MR) is 77.1 cm³/mol. The molecule has 0 atom stereocenters. The van der Waals surface area contributed by atoms with E-state index in [1.54, 1.807) is 7.05 Å². The van der Waals surface area contributed by atoms with Crippen LogP contribution in [-0.4, -0.2) is 63.2 Å². The summed E-state index contributed by atoms with van der Waals surface area (Å²) < 4.78 is 0. The standard InChI is InChI=1S/C14H28N4O/c1-15-14(19)11-18-8-4-13(5-9-18)17-10-12-2-6-16-7-3-12/h12-13,16-17H,2-11H2,1H3,(H,15,19). The fourth-order valence-electron chi connectivity index (χ4n) is 3.00. The molecule has 0 aromatic heterocycles. The van der Waals surface area contributed by atoms with Crippen molar-refractivity contribution in [2.75, 3.05) is 46.3 Å². The molecular weight excluding hydrogens is 240 g/mol. The summed E-state index contributed by atoms with van der Waals surface area (Å²) in [6.45, 7) is 6.15. The van der Waals surface area contributed by atoms with Crippen LogP contribution in [0, 0.1) is 5.92 Å². The number of hydrogen-bond donors (Lipinski definition) is 3. The molecule has 0 aromatic carbocycles. The van der Waals surface area contributed by atoms with Gasteiger partial charge in [0, 0.05) is 26.2 Å². The van der Waals surface area contributed by atoms with E-state index < -0.39 is 0 Å². The van der Waals surface area contributed by atoms with Crippen molar-refractivity contribution in [2.24, 2.45) is 5.92 Å². The van der Waals surface area contributed by atoms with Crippen molar-refractivity contribution in [3.63, 3.8) is 0 Å². The van der Waals surface area contributed by atoms with Crippen molar-refractivity contribution in [1.82, 2.24) is 20.9 Å². The van der Waals surface area contributed by atoms with Crippen molar-refractivity contribution in [3.05, 3.63) is 0 Å². The van der Waals surface area contributed by atoms with Crippen molar-refractivity contribution in [2.45, 2.75) is 31.7 Å². The third-order valence-electron chi connectivity index (χ3n) is 4.39. The van der Waals surface area contributed by atoms with Crippen LogP contribution >= 0.6 is 0 Å². The molecule has 2 aliphatic heterocycles. The molecule has 0 saturated carbocycles. The molecule has 19 heavy (non-hydrogen) atoms. The van der Waals surface area contributed by atoms with Crippen molar-refractivity contribution >= 4 is 5.91 Å². The van der Waals surface area contributed by atoms with E-state index in [-0.39, 0.29) is 5.91 Å². The number of nitrogens with one attached hydrogen (secondary N) is 3. The first-order valence-electron chi connectivity index (χ1n) is 7.65. The topological polar surface area (TPSA) is 56.4 Å². The Morgan fingerprint density at radius 1 is 1.21 bits per heavy atom. The average molecular weight is 268 g/mol. The molecule has 0 aromatic rings. The van der Waals surface area contributed by atoms with Crippen LogP contribution in [0.4, 0.5) is 0 Å². The molecule has 2 fully saturated rings. The smallest absolute Gasteiger partial charge is 0.233 e. The first-order chi connectivity index (χ1) is 9.28. The number of hydrogen-bond acceptors (Lipinski definition) is 4. The minimum atomic E-state index is 0.126. The minimum absolute atomic E-state index is 0.126. The molecule has 3 N–H and O–H groups in total. The molecule has 2 heterocycles. The highest BCUT2D eigenvalue weighted by atomic mass is 16.1. The summed E-state index contributed by atoms with van der Waals surface area (Å²) in [5.74, 6) is 0.978. The third kappa shape index (κ3) is 5.09. The lowest BCUT2D eigenvalue weighted by Gasteiger charge is -2.33. The van der Waals surface area contributed by atoms with Gasteiger partial charge in [0.1, 0.15) is 0 Å². The number of carbonyl (C=O) groups excluding carboxylic acids is 1. The van der Waals surface area contributed by atoms with Gasteiger partial charge in [-0.15, -0.1) is 0 Å². The zero-order valence-corrected chi connectivity index (χ0v) is 12.1. The Hall–Kier alpha value is -0.650. The maximum absolute atomic E-state index is 11.3. The van der Waals surface area contributed by atoms with Crippen LogP contribution in [0.5, 0.6) is 0 Å². The number of likely N-dealkylation sites (N-methyl/N-ethyl adjacent to an activating group) is 1. The Kier molecular flexibility index (Phi) is 6.07. The second-order valence-corrected chi connectivity index (χ2v) is 5.83. The van der Waals surface area contributed by atoms with Gasteiger partial charge in [-0.2, -0.15) is 0 Å². The third-order valence-corrected chi connectivity index (χ3v) is 4.39. The Morgan fingerprint density at radius 3 is 2.53 bits per heavy atom. The summed E-state index contributed by atoms with van der Waals surface area (Å²) in [5.41, 5.74) is 0. The molecule has 110 valence electrons. The van der Waals surface area contributed by atoms with Crippen LogP contribution < -0.4 is 16.0 Å². The van der Waals surface area contributed by atoms with Gasteiger partial charge < -0.3 is 16.0 Å².